The van der Waals surface area contributed by atoms with E-state index in [-0.39, 0.29) is 41.8 Å². The first kappa shape index (κ1) is 23.4. The molecule has 0 aromatic carbocycles. The van der Waals surface area contributed by atoms with Crippen LogP contribution >= 0.6 is 0 Å². The zero-order valence-corrected chi connectivity index (χ0v) is 13.0. The fraction of sp³-hybridized carbons (Fsp3) is 0.875. The summed E-state index contributed by atoms with van der Waals surface area (Å²) < 4.78 is 0. The molecule has 0 rings (SSSR count). The second-order valence-corrected chi connectivity index (χ2v) is 5.44. The van der Waals surface area contributed by atoms with Gasteiger partial charge in [-0.3, -0.25) is 9.59 Å². The minimum atomic E-state index is -0.830. The van der Waals surface area contributed by atoms with Crippen LogP contribution in [0.3, 0.4) is 0 Å². The van der Waals surface area contributed by atoms with Gasteiger partial charge in [0.1, 0.15) is 5.78 Å². The molecule has 0 heterocycles. The SMILES string of the molecule is CCCCCCCCCCCC(=O)CNCCC(=O)O.[NaH]. The molecule has 0 atom stereocenters. The molecule has 0 unspecified atom stereocenters. The summed E-state index contributed by atoms with van der Waals surface area (Å²) in [5, 5.41) is 11.3. The molecule has 5 heteroatoms. The van der Waals surface area contributed by atoms with E-state index in [0.717, 1.165) is 12.8 Å². The predicted molar refractivity (Wildman–Crippen MR) is 89.1 cm³/mol. The normalized spacial score (nSPS) is 10.1. The number of carboxylic acid groups (broad SMARTS) is 1. The van der Waals surface area contributed by atoms with E-state index in [1.54, 1.807) is 0 Å². The minimum absolute atomic E-state index is 0. The van der Waals surface area contributed by atoms with E-state index in [0.29, 0.717) is 19.5 Å². The molecular formula is C16H32NNaO3. The van der Waals surface area contributed by atoms with E-state index in [2.05, 4.69) is 12.2 Å². The molecule has 0 radical (unpaired) electrons. The van der Waals surface area contributed by atoms with E-state index in [9.17, 15) is 9.59 Å². The van der Waals surface area contributed by atoms with Crippen LogP contribution in [0.4, 0.5) is 0 Å². The Bertz CT molecular complexity index is 260. The summed E-state index contributed by atoms with van der Waals surface area (Å²) in [7, 11) is 0. The van der Waals surface area contributed by atoms with Crippen molar-refractivity contribution in [3.05, 3.63) is 0 Å². The summed E-state index contributed by atoms with van der Waals surface area (Å²) in [6.45, 7) is 2.91. The number of hydrogen-bond donors (Lipinski definition) is 2. The molecule has 0 aliphatic heterocycles. The van der Waals surface area contributed by atoms with Crippen LogP contribution in [0.1, 0.15) is 77.6 Å². The summed E-state index contributed by atoms with van der Waals surface area (Å²) in [4.78, 5) is 21.8. The van der Waals surface area contributed by atoms with Gasteiger partial charge in [0, 0.05) is 13.0 Å². The van der Waals surface area contributed by atoms with E-state index in [4.69, 9.17) is 5.11 Å². The third kappa shape index (κ3) is 20.1. The van der Waals surface area contributed by atoms with Gasteiger partial charge in [0.2, 0.25) is 0 Å². The maximum atomic E-state index is 11.5. The summed E-state index contributed by atoms with van der Waals surface area (Å²) >= 11 is 0. The average Bonchev–Trinajstić information content (AvgIpc) is 2.41. The Hall–Kier alpha value is 0.100. The molecular weight excluding hydrogens is 277 g/mol. The Labute approximate surface area is 151 Å². The molecule has 4 nitrogen and oxygen atoms in total. The summed E-state index contributed by atoms with van der Waals surface area (Å²) in [5.74, 6) is -0.637. The number of carbonyl (C=O) groups excluding carboxylic acids is 1. The molecule has 0 saturated heterocycles. The fourth-order valence-electron chi connectivity index (χ4n) is 2.14. The Morgan fingerprint density at radius 2 is 1.38 bits per heavy atom. The van der Waals surface area contributed by atoms with Crippen molar-refractivity contribution in [2.75, 3.05) is 13.1 Å². The van der Waals surface area contributed by atoms with Crippen LogP contribution in [0.5, 0.6) is 0 Å². The number of aliphatic carboxylic acids is 1. The first-order valence-electron chi connectivity index (χ1n) is 8.11. The monoisotopic (exact) mass is 309 g/mol. The summed E-state index contributed by atoms with van der Waals surface area (Å²) in [5.41, 5.74) is 0. The van der Waals surface area contributed by atoms with Crippen LogP contribution in [0, 0.1) is 0 Å². The van der Waals surface area contributed by atoms with Gasteiger partial charge in [0.25, 0.3) is 0 Å². The van der Waals surface area contributed by atoms with Crippen molar-refractivity contribution in [3.8, 4) is 0 Å². The third-order valence-electron chi connectivity index (χ3n) is 3.40. The standard InChI is InChI=1S/C16H31NO3.Na.H/c1-2-3-4-5-6-7-8-9-10-11-15(18)14-17-13-12-16(19)20;;/h17H,2-14H2,1H3,(H,19,20);;. The van der Waals surface area contributed by atoms with Crippen LogP contribution in [-0.4, -0.2) is 59.5 Å². The average molecular weight is 309 g/mol. The zero-order chi connectivity index (χ0) is 15.1. The molecule has 0 spiro atoms. The Kier molecular flexibility index (Phi) is 20.2. The van der Waals surface area contributed by atoms with Crippen molar-refractivity contribution in [3.63, 3.8) is 0 Å². The zero-order valence-electron chi connectivity index (χ0n) is 13.0. The Morgan fingerprint density at radius 3 is 1.90 bits per heavy atom. The second kappa shape index (κ2) is 18.1. The third-order valence-corrected chi connectivity index (χ3v) is 3.40. The van der Waals surface area contributed by atoms with Gasteiger partial charge in [0.15, 0.2) is 0 Å². The molecule has 0 saturated carbocycles. The van der Waals surface area contributed by atoms with Crippen molar-refractivity contribution >= 4 is 41.3 Å². The van der Waals surface area contributed by atoms with Gasteiger partial charge in [-0.15, -0.1) is 0 Å². The van der Waals surface area contributed by atoms with Gasteiger partial charge < -0.3 is 10.4 Å². The molecule has 0 fully saturated rings. The number of Topliss-reactive ketones (excluding diaryl/α,β-unsaturated/α-hetero) is 1. The van der Waals surface area contributed by atoms with Crippen LogP contribution in [0.2, 0.25) is 0 Å². The Morgan fingerprint density at radius 1 is 0.857 bits per heavy atom. The van der Waals surface area contributed by atoms with E-state index in [1.807, 2.05) is 0 Å². The molecule has 2 N–H and O–H groups in total. The van der Waals surface area contributed by atoms with Crippen LogP contribution in [0.15, 0.2) is 0 Å². The van der Waals surface area contributed by atoms with Crippen molar-refractivity contribution < 1.29 is 14.7 Å². The topological polar surface area (TPSA) is 66.4 Å². The van der Waals surface area contributed by atoms with Gasteiger partial charge in [-0.1, -0.05) is 58.3 Å². The molecule has 0 aliphatic rings. The molecule has 0 aromatic heterocycles. The number of hydrogen-bond acceptors (Lipinski definition) is 3. The van der Waals surface area contributed by atoms with E-state index in [1.165, 1.54) is 44.9 Å². The number of ketones is 1. The number of carboxylic acids is 1. The number of nitrogens with one attached hydrogen (secondary N) is 1. The van der Waals surface area contributed by atoms with Gasteiger partial charge in [-0.25, -0.2) is 0 Å². The number of rotatable bonds is 15. The van der Waals surface area contributed by atoms with Crippen LogP contribution in [0.25, 0.3) is 0 Å². The van der Waals surface area contributed by atoms with Gasteiger partial charge in [-0.05, 0) is 6.42 Å². The molecule has 120 valence electrons. The summed E-state index contributed by atoms with van der Waals surface area (Å²) in [6, 6.07) is 0. The molecule has 0 bridgehead atoms. The van der Waals surface area contributed by atoms with Crippen LogP contribution in [-0.2, 0) is 9.59 Å². The predicted octanol–water partition coefficient (Wildman–Crippen LogP) is 2.89. The molecule has 21 heavy (non-hydrogen) atoms. The summed E-state index contributed by atoms with van der Waals surface area (Å²) in [6.07, 6.45) is 12.0. The Balaban J connectivity index is 0. The number of carbonyl (C=O) groups is 2. The quantitative estimate of drug-likeness (QED) is 0.360. The molecule has 0 amide bonds. The number of unbranched alkanes of at least 4 members (excludes halogenated alkanes) is 8. The van der Waals surface area contributed by atoms with Crippen molar-refractivity contribution in [1.29, 1.82) is 0 Å². The maximum absolute atomic E-state index is 11.5. The van der Waals surface area contributed by atoms with E-state index < -0.39 is 5.97 Å². The first-order valence-corrected chi connectivity index (χ1v) is 8.11. The van der Waals surface area contributed by atoms with Crippen molar-refractivity contribution in [2.45, 2.75) is 77.6 Å². The molecule has 0 aromatic rings. The van der Waals surface area contributed by atoms with Gasteiger partial charge >= 0.3 is 35.5 Å². The van der Waals surface area contributed by atoms with Crippen molar-refractivity contribution in [2.24, 2.45) is 0 Å². The van der Waals surface area contributed by atoms with Crippen molar-refractivity contribution in [1.82, 2.24) is 5.32 Å². The molecule has 0 aliphatic carbocycles. The first-order chi connectivity index (χ1) is 9.66. The van der Waals surface area contributed by atoms with E-state index >= 15 is 0 Å². The van der Waals surface area contributed by atoms with Gasteiger partial charge in [-0.2, -0.15) is 0 Å². The van der Waals surface area contributed by atoms with Gasteiger partial charge in [0.05, 0.1) is 13.0 Å². The van der Waals surface area contributed by atoms with Crippen LogP contribution < -0.4 is 5.32 Å². The second-order valence-electron chi connectivity index (χ2n) is 5.44. The fourth-order valence-corrected chi connectivity index (χ4v) is 2.14.